The number of carboxylic acid groups (broad SMARTS) is 1. The first-order valence-electron chi connectivity index (χ1n) is 6.26. The highest BCUT2D eigenvalue weighted by molar-refractivity contribution is 5.83. The molecule has 1 amide bonds. The van der Waals surface area contributed by atoms with Crippen LogP contribution in [0.1, 0.15) is 25.8 Å². The molecule has 1 atom stereocenters. The normalized spacial score (nSPS) is 11.7. The van der Waals surface area contributed by atoms with Gasteiger partial charge in [-0.3, -0.25) is 9.59 Å². The lowest BCUT2D eigenvalue weighted by atomic mass is 10.1. The summed E-state index contributed by atoms with van der Waals surface area (Å²) in [6.07, 6.45) is 0.843. The first-order chi connectivity index (χ1) is 9.02. The quantitative estimate of drug-likeness (QED) is 0.785. The van der Waals surface area contributed by atoms with E-state index in [4.69, 9.17) is 9.84 Å². The molecule has 0 aromatic heterocycles. The highest BCUT2D eigenvalue weighted by atomic mass is 16.5. The van der Waals surface area contributed by atoms with Crippen molar-refractivity contribution < 1.29 is 19.4 Å². The van der Waals surface area contributed by atoms with Crippen LogP contribution in [-0.4, -0.2) is 29.6 Å². The molecule has 0 aliphatic rings. The molecular formula is C14H19NO4. The molecule has 0 saturated heterocycles. The second-order valence-electron chi connectivity index (χ2n) is 4.20. The van der Waals surface area contributed by atoms with Gasteiger partial charge in [0, 0.05) is 6.42 Å². The maximum Gasteiger partial charge on any atom is 0.325 e. The Morgan fingerprint density at radius 3 is 2.47 bits per heavy atom. The Hall–Kier alpha value is -2.04. The van der Waals surface area contributed by atoms with Crippen molar-refractivity contribution in [2.24, 2.45) is 0 Å². The van der Waals surface area contributed by atoms with Gasteiger partial charge in [0.2, 0.25) is 5.91 Å². The Bertz CT molecular complexity index is 428. The van der Waals surface area contributed by atoms with E-state index in [-0.39, 0.29) is 12.3 Å². The Kier molecular flexibility index (Phi) is 5.85. The molecule has 0 fully saturated rings. The minimum atomic E-state index is -1.03. The zero-order chi connectivity index (χ0) is 14.3. The van der Waals surface area contributed by atoms with Gasteiger partial charge in [-0.2, -0.15) is 0 Å². The monoisotopic (exact) mass is 265 g/mol. The molecule has 0 bridgehead atoms. The Balaban J connectivity index is 2.39. The highest BCUT2D eigenvalue weighted by Crippen LogP contribution is 2.13. The van der Waals surface area contributed by atoms with Crippen molar-refractivity contribution in [3.63, 3.8) is 0 Å². The van der Waals surface area contributed by atoms with Crippen LogP contribution in [0.25, 0.3) is 0 Å². The number of aliphatic carboxylic acids is 1. The third-order valence-electron chi connectivity index (χ3n) is 2.62. The molecule has 0 unspecified atom stereocenters. The van der Waals surface area contributed by atoms with Gasteiger partial charge in [-0.05, 0) is 38.0 Å². The van der Waals surface area contributed by atoms with Crippen molar-refractivity contribution in [3.05, 3.63) is 29.8 Å². The van der Waals surface area contributed by atoms with Gasteiger partial charge >= 0.3 is 5.97 Å². The molecule has 1 rings (SSSR count). The molecule has 0 heterocycles. The number of amides is 1. The van der Waals surface area contributed by atoms with Gasteiger partial charge in [0.05, 0.1) is 6.61 Å². The van der Waals surface area contributed by atoms with Crippen LogP contribution in [0, 0.1) is 0 Å². The molecule has 1 aromatic rings. The number of carbonyl (C=O) groups excluding carboxylic acids is 1. The minimum Gasteiger partial charge on any atom is -0.494 e. The zero-order valence-electron chi connectivity index (χ0n) is 11.2. The molecule has 0 radical (unpaired) electrons. The first kappa shape index (κ1) is 15.0. The Morgan fingerprint density at radius 2 is 1.95 bits per heavy atom. The van der Waals surface area contributed by atoms with Gasteiger partial charge in [-0.25, -0.2) is 0 Å². The van der Waals surface area contributed by atoms with E-state index in [9.17, 15) is 9.59 Å². The van der Waals surface area contributed by atoms with Crippen LogP contribution in [0.4, 0.5) is 0 Å². The lowest BCUT2D eigenvalue weighted by Crippen LogP contribution is -2.38. The van der Waals surface area contributed by atoms with Crippen LogP contribution in [0.2, 0.25) is 0 Å². The van der Waals surface area contributed by atoms with Crippen molar-refractivity contribution in [3.8, 4) is 5.75 Å². The summed E-state index contributed by atoms with van der Waals surface area (Å²) in [5.41, 5.74) is 1.02. The van der Waals surface area contributed by atoms with E-state index in [1.165, 1.54) is 6.92 Å². The van der Waals surface area contributed by atoms with Crippen LogP contribution >= 0.6 is 0 Å². The minimum absolute atomic E-state index is 0.260. The summed E-state index contributed by atoms with van der Waals surface area (Å²) in [4.78, 5) is 22.1. The van der Waals surface area contributed by atoms with Crippen LogP contribution in [-0.2, 0) is 16.0 Å². The maximum atomic E-state index is 11.5. The van der Waals surface area contributed by atoms with E-state index in [2.05, 4.69) is 5.32 Å². The standard InChI is InChI=1S/C14H19NO4/c1-3-19-12-7-4-11(5-8-12)6-9-13(16)15-10(2)14(17)18/h4-5,7-8,10H,3,6,9H2,1-2H3,(H,15,16)(H,17,18)/t10-/m0/s1. The first-order valence-corrected chi connectivity index (χ1v) is 6.26. The molecule has 19 heavy (non-hydrogen) atoms. The van der Waals surface area contributed by atoms with E-state index >= 15 is 0 Å². The van der Waals surface area contributed by atoms with Crippen molar-refractivity contribution in [2.75, 3.05) is 6.61 Å². The number of carbonyl (C=O) groups is 2. The van der Waals surface area contributed by atoms with Gasteiger partial charge in [-0.15, -0.1) is 0 Å². The fourth-order valence-corrected chi connectivity index (χ4v) is 1.55. The van der Waals surface area contributed by atoms with Crippen molar-refractivity contribution in [2.45, 2.75) is 32.7 Å². The number of rotatable bonds is 7. The van der Waals surface area contributed by atoms with Gasteiger partial charge in [0.25, 0.3) is 0 Å². The molecule has 104 valence electrons. The average molecular weight is 265 g/mol. The van der Waals surface area contributed by atoms with E-state index < -0.39 is 12.0 Å². The van der Waals surface area contributed by atoms with Gasteiger partial charge in [0.15, 0.2) is 0 Å². The molecule has 1 aromatic carbocycles. The Morgan fingerprint density at radius 1 is 1.32 bits per heavy atom. The van der Waals surface area contributed by atoms with Crippen molar-refractivity contribution >= 4 is 11.9 Å². The maximum absolute atomic E-state index is 11.5. The fourth-order valence-electron chi connectivity index (χ4n) is 1.55. The lowest BCUT2D eigenvalue weighted by Gasteiger charge is -2.09. The second-order valence-corrected chi connectivity index (χ2v) is 4.20. The Labute approximate surface area is 112 Å². The number of hydrogen-bond donors (Lipinski definition) is 2. The number of hydrogen-bond acceptors (Lipinski definition) is 3. The SMILES string of the molecule is CCOc1ccc(CCC(=O)N[C@@H](C)C(=O)O)cc1. The summed E-state index contributed by atoms with van der Waals surface area (Å²) in [5, 5.41) is 11.1. The molecule has 2 N–H and O–H groups in total. The van der Waals surface area contributed by atoms with Gasteiger partial charge in [-0.1, -0.05) is 12.1 Å². The smallest absolute Gasteiger partial charge is 0.325 e. The van der Waals surface area contributed by atoms with Crippen LogP contribution in [0.15, 0.2) is 24.3 Å². The third-order valence-corrected chi connectivity index (χ3v) is 2.62. The molecule has 0 aliphatic heterocycles. The molecule has 0 spiro atoms. The number of aryl methyl sites for hydroxylation is 1. The van der Waals surface area contributed by atoms with Crippen LogP contribution in [0.3, 0.4) is 0 Å². The van der Waals surface area contributed by atoms with Gasteiger partial charge < -0.3 is 15.2 Å². The largest absolute Gasteiger partial charge is 0.494 e. The van der Waals surface area contributed by atoms with E-state index in [0.717, 1.165) is 11.3 Å². The van der Waals surface area contributed by atoms with E-state index in [0.29, 0.717) is 13.0 Å². The third kappa shape index (κ3) is 5.42. The molecule has 5 nitrogen and oxygen atoms in total. The fraction of sp³-hybridized carbons (Fsp3) is 0.429. The average Bonchev–Trinajstić information content (AvgIpc) is 2.38. The molecule has 5 heteroatoms. The van der Waals surface area contributed by atoms with Gasteiger partial charge in [0.1, 0.15) is 11.8 Å². The van der Waals surface area contributed by atoms with Crippen LogP contribution in [0.5, 0.6) is 5.75 Å². The summed E-state index contributed by atoms with van der Waals surface area (Å²) in [5.74, 6) is -0.492. The number of benzene rings is 1. The van der Waals surface area contributed by atoms with E-state index in [1.54, 1.807) is 0 Å². The lowest BCUT2D eigenvalue weighted by molar-refractivity contribution is -0.141. The second kappa shape index (κ2) is 7.41. The summed E-state index contributed by atoms with van der Waals surface area (Å²) < 4.78 is 5.32. The highest BCUT2D eigenvalue weighted by Gasteiger charge is 2.13. The molecule has 0 saturated carbocycles. The predicted molar refractivity (Wildman–Crippen MR) is 71.2 cm³/mol. The van der Waals surface area contributed by atoms with Crippen molar-refractivity contribution in [1.82, 2.24) is 5.32 Å². The summed E-state index contributed by atoms with van der Waals surface area (Å²) in [6, 6.07) is 6.67. The summed E-state index contributed by atoms with van der Waals surface area (Å²) in [7, 11) is 0. The summed E-state index contributed by atoms with van der Waals surface area (Å²) in [6.45, 7) is 3.98. The summed E-state index contributed by atoms with van der Waals surface area (Å²) >= 11 is 0. The van der Waals surface area contributed by atoms with Crippen LogP contribution < -0.4 is 10.1 Å². The number of carboxylic acids is 1. The zero-order valence-corrected chi connectivity index (χ0v) is 11.2. The van der Waals surface area contributed by atoms with E-state index in [1.807, 2.05) is 31.2 Å². The topological polar surface area (TPSA) is 75.6 Å². The van der Waals surface area contributed by atoms with Crippen molar-refractivity contribution in [1.29, 1.82) is 0 Å². The number of nitrogens with one attached hydrogen (secondary N) is 1. The molecule has 0 aliphatic carbocycles. The molecular weight excluding hydrogens is 246 g/mol. The predicted octanol–water partition coefficient (Wildman–Crippen LogP) is 1.61. The number of ether oxygens (including phenoxy) is 1.